The first-order valence-electron chi connectivity index (χ1n) is 7.46. The average Bonchev–Trinajstić information content (AvgIpc) is 2.54. The van der Waals surface area contributed by atoms with E-state index in [1.54, 1.807) is 0 Å². The molecule has 2 nitrogen and oxygen atoms in total. The Hall–Kier alpha value is -1.28. The number of anilines is 1. The predicted molar refractivity (Wildman–Crippen MR) is 86.6 cm³/mol. The second-order valence-electron chi connectivity index (χ2n) is 5.69. The van der Waals surface area contributed by atoms with Gasteiger partial charge in [0.1, 0.15) is 5.82 Å². The van der Waals surface area contributed by atoms with E-state index in [4.69, 9.17) is 16.6 Å². The van der Waals surface area contributed by atoms with Gasteiger partial charge in [-0.3, -0.25) is 0 Å². The number of halogens is 1. The molecule has 0 unspecified atom stereocenters. The molecule has 0 atom stereocenters. The van der Waals surface area contributed by atoms with Crippen LogP contribution in [0.5, 0.6) is 0 Å². The minimum Gasteiger partial charge on any atom is -0.356 e. The number of pyridine rings is 1. The standard InChI is InChI=1S/C17H21ClN2/c1-20(14-7-3-2-4-8-14)17-16-10-6-5-9-15(16)13(11-18)12-19-17/h5-6,9-10,12,14H,2-4,7-8,11H2,1H3. The van der Waals surface area contributed by atoms with Gasteiger partial charge in [-0.2, -0.15) is 0 Å². The minimum atomic E-state index is 0.515. The summed E-state index contributed by atoms with van der Waals surface area (Å²) in [6, 6.07) is 9.09. The molecule has 3 rings (SSSR count). The van der Waals surface area contributed by atoms with Crippen LogP contribution >= 0.6 is 11.6 Å². The smallest absolute Gasteiger partial charge is 0.136 e. The van der Waals surface area contributed by atoms with Crippen LogP contribution in [-0.4, -0.2) is 18.1 Å². The van der Waals surface area contributed by atoms with Crippen LogP contribution in [0.2, 0.25) is 0 Å². The van der Waals surface area contributed by atoms with Crippen LogP contribution in [0.4, 0.5) is 5.82 Å². The highest BCUT2D eigenvalue weighted by Gasteiger charge is 2.21. The van der Waals surface area contributed by atoms with Crippen molar-refractivity contribution in [3.05, 3.63) is 36.0 Å². The van der Waals surface area contributed by atoms with E-state index in [1.165, 1.54) is 42.9 Å². The molecule has 1 aromatic heterocycles. The summed E-state index contributed by atoms with van der Waals surface area (Å²) in [4.78, 5) is 7.07. The molecule has 2 aromatic rings. The molecule has 1 aromatic carbocycles. The van der Waals surface area contributed by atoms with Crippen molar-refractivity contribution in [2.45, 2.75) is 44.0 Å². The Morgan fingerprint density at radius 2 is 1.85 bits per heavy atom. The fraction of sp³-hybridized carbons (Fsp3) is 0.471. The van der Waals surface area contributed by atoms with Crippen LogP contribution in [-0.2, 0) is 5.88 Å². The third-order valence-electron chi connectivity index (χ3n) is 4.46. The molecule has 1 saturated carbocycles. The lowest BCUT2D eigenvalue weighted by molar-refractivity contribution is 0.426. The average molecular weight is 289 g/mol. The molecule has 1 fully saturated rings. The number of nitrogens with zero attached hydrogens (tertiary/aromatic N) is 2. The van der Waals surface area contributed by atoms with Gasteiger partial charge in [0.15, 0.2) is 0 Å². The molecular weight excluding hydrogens is 268 g/mol. The summed E-state index contributed by atoms with van der Waals surface area (Å²) in [5.74, 6) is 1.61. The maximum atomic E-state index is 6.03. The summed E-state index contributed by atoms with van der Waals surface area (Å²) in [7, 11) is 2.19. The van der Waals surface area contributed by atoms with Gasteiger partial charge in [0, 0.05) is 30.6 Å². The Bertz CT molecular complexity index is 591. The number of hydrogen-bond donors (Lipinski definition) is 0. The fourth-order valence-electron chi connectivity index (χ4n) is 3.27. The number of fused-ring (bicyclic) bond motifs is 1. The summed E-state index contributed by atoms with van der Waals surface area (Å²) in [6.07, 6.45) is 8.56. The lowest BCUT2D eigenvalue weighted by Gasteiger charge is -2.33. The van der Waals surface area contributed by atoms with Gasteiger partial charge in [-0.05, 0) is 23.8 Å². The van der Waals surface area contributed by atoms with Gasteiger partial charge in [0.25, 0.3) is 0 Å². The highest BCUT2D eigenvalue weighted by Crippen LogP contribution is 2.31. The van der Waals surface area contributed by atoms with Crippen molar-refractivity contribution in [3.63, 3.8) is 0 Å². The lowest BCUT2D eigenvalue weighted by atomic mass is 9.94. The summed E-state index contributed by atoms with van der Waals surface area (Å²) in [5.41, 5.74) is 1.11. The SMILES string of the molecule is CN(c1ncc(CCl)c2ccccc12)C1CCCCC1. The largest absolute Gasteiger partial charge is 0.356 e. The molecular formula is C17H21ClN2. The zero-order chi connectivity index (χ0) is 13.9. The first kappa shape index (κ1) is 13.7. The Morgan fingerprint density at radius 1 is 1.15 bits per heavy atom. The molecule has 0 spiro atoms. The Morgan fingerprint density at radius 3 is 2.55 bits per heavy atom. The van der Waals surface area contributed by atoms with Gasteiger partial charge in [0.2, 0.25) is 0 Å². The minimum absolute atomic E-state index is 0.515. The van der Waals surface area contributed by atoms with Crippen LogP contribution in [0, 0.1) is 0 Å². The molecule has 0 aliphatic heterocycles. The highest BCUT2D eigenvalue weighted by molar-refractivity contribution is 6.18. The molecule has 1 heterocycles. The van der Waals surface area contributed by atoms with Gasteiger partial charge < -0.3 is 4.90 Å². The maximum Gasteiger partial charge on any atom is 0.136 e. The quantitative estimate of drug-likeness (QED) is 0.758. The van der Waals surface area contributed by atoms with Gasteiger partial charge in [0.05, 0.1) is 0 Å². The van der Waals surface area contributed by atoms with Crippen LogP contribution in [0.1, 0.15) is 37.7 Å². The summed E-state index contributed by atoms with van der Waals surface area (Å²) >= 11 is 6.03. The van der Waals surface area contributed by atoms with Gasteiger partial charge in [-0.15, -0.1) is 11.6 Å². The number of rotatable bonds is 3. The number of hydrogen-bond acceptors (Lipinski definition) is 2. The van der Waals surface area contributed by atoms with Crippen LogP contribution in [0.15, 0.2) is 30.5 Å². The third-order valence-corrected chi connectivity index (χ3v) is 4.74. The molecule has 0 saturated heterocycles. The van der Waals surface area contributed by atoms with Crippen molar-refractivity contribution < 1.29 is 0 Å². The van der Waals surface area contributed by atoms with E-state index in [0.717, 1.165) is 11.4 Å². The van der Waals surface area contributed by atoms with Gasteiger partial charge >= 0.3 is 0 Å². The Balaban J connectivity index is 2.02. The topological polar surface area (TPSA) is 16.1 Å². The first-order valence-corrected chi connectivity index (χ1v) is 8.00. The molecule has 1 aliphatic carbocycles. The van der Waals surface area contributed by atoms with Gasteiger partial charge in [-0.25, -0.2) is 4.98 Å². The molecule has 0 radical (unpaired) electrons. The second-order valence-corrected chi connectivity index (χ2v) is 5.96. The summed E-state index contributed by atoms with van der Waals surface area (Å²) < 4.78 is 0. The monoisotopic (exact) mass is 288 g/mol. The van der Waals surface area contributed by atoms with Gasteiger partial charge in [-0.1, -0.05) is 43.5 Å². The Kier molecular flexibility index (Phi) is 4.11. The molecule has 3 heteroatoms. The van der Waals surface area contributed by atoms with Crippen molar-refractivity contribution in [1.29, 1.82) is 0 Å². The maximum absolute atomic E-state index is 6.03. The molecule has 20 heavy (non-hydrogen) atoms. The van der Waals surface area contributed by atoms with E-state index < -0.39 is 0 Å². The molecule has 0 bridgehead atoms. The summed E-state index contributed by atoms with van der Waals surface area (Å²) in [5, 5.41) is 2.45. The normalized spacial score (nSPS) is 16.5. The van der Waals surface area contributed by atoms with Crippen molar-refractivity contribution in [1.82, 2.24) is 4.98 Å². The van der Waals surface area contributed by atoms with E-state index in [2.05, 4.69) is 36.2 Å². The zero-order valence-corrected chi connectivity index (χ0v) is 12.7. The predicted octanol–water partition coefficient (Wildman–Crippen LogP) is 4.74. The summed E-state index contributed by atoms with van der Waals surface area (Å²) in [6.45, 7) is 0. The molecule has 0 amide bonds. The molecule has 106 valence electrons. The Labute approximate surface area is 125 Å². The van der Waals surface area contributed by atoms with E-state index in [9.17, 15) is 0 Å². The third kappa shape index (κ3) is 2.49. The number of alkyl halides is 1. The van der Waals surface area contributed by atoms with Crippen molar-refractivity contribution in [2.24, 2.45) is 0 Å². The second kappa shape index (κ2) is 6.01. The van der Waals surface area contributed by atoms with E-state index >= 15 is 0 Å². The fourth-order valence-corrected chi connectivity index (χ4v) is 3.48. The van der Waals surface area contributed by atoms with Crippen LogP contribution in [0.25, 0.3) is 10.8 Å². The number of benzene rings is 1. The van der Waals surface area contributed by atoms with Crippen LogP contribution < -0.4 is 4.90 Å². The molecule has 0 N–H and O–H groups in total. The van der Waals surface area contributed by atoms with Crippen molar-refractivity contribution in [3.8, 4) is 0 Å². The highest BCUT2D eigenvalue weighted by atomic mass is 35.5. The van der Waals surface area contributed by atoms with Crippen molar-refractivity contribution in [2.75, 3.05) is 11.9 Å². The zero-order valence-electron chi connectivity index (χ0n) is 12.0. The molecule has 1 aliphatic rings. The van der Waals surface area contributed by atoms with E-state index in [1.807, 2.05) is 6.20 Å². The van der Waals surface area contributed by atoms with Crippen LogP contribution in [0.3, 0.4) is 0 Å². The van der Waals surface area contributed by atoms with Crippen molar-refractivity contribution >= 4 is 28.2 Å². The van der Waals surface area contributed by atoms with E-state index in [0.29, 0.717) is 11.9 Å². The first-order chi connectivity index (χ1) is 9.81. The lowest BCUT2D eigenvalue weighted by Crippen LogP contribution is -2.34. The number of aromatic nitrogens is 1. The van der Waals surface area contributed by atoms with E-state index in [-0.39, 0.29) is 0 Å².